The molecule has 0 bridgehead atoms. The Kier molecular flexibility index (Phi) is 4.10. The van der Waals surface area contributed by atoms with Crippen molar-refractivity contribution in [2.24, 2.45) is 0 Å². The minimum atomic E-state index is -0.999. The molecule has 0 heterocycles. The Morgan fingerprint density at radius 2 is 1.80 bits per heavy atom. The van der Waals surface area contributed by atoms with Gasteiger partial charge in [-0.25, -0.2) is 4.79 Å². The van der Waals surface area contributed by atoms with Crippen LogP contribution in [0.1, 0.15) is 10.4 Å². The van der Waals surface area contributed by atoms with Gasteiger partial charge in [-0.1, -0.05) is 41.9 Å². The molecule has 2 aromatic rings. The van der Waals surface area contributed by atoms with Crippen LogP contribution in [0.5, 0.6) is 0 Å². The molecule has 0 spiro atoms. The maximum atomic E-state index is 10.8. The molecule has 1 N–H and O–H groups in total. The topological polar surface area (TPSA) is 37.3 Å². The molecular weight excluding hydrogens is 404 g/mol. The van der Waals surface area contributed by atoms with Crippen molar-refractivity contribution in [3.8, 4) is 0 Å². The molecule has 2 aromatic carbocycles. The summed E-state index contributed by atoms with van der Waals surface area (Å²) in [5, 5.41) is 10.9. The predicted octanol–water partition coefficient (Wildman–Crippen LogP) is 2.81. The van der Waals surface area contributed by atoms with Crippen LogP contribution in [0, 0.1) is 0 Å². The Morgan fingerprint density at radius 3 is 2.47 bits per heavy atom. The van der Waals surface area contributed by atoms with Crippen LogP contribution >= 0.6 is 11.6 Å². The van der Waals surface area contributed by atoms with Crippen LogP contribution in [-0.2, 0) is 0 Å². The van der Waals surface area contributed by atoms with Crippen LogP contribution in [0.2, 0.25) is 5.02 Å². The summed E-state index contributed by atoms with van der Waals surface area (Å²) in [6, 6.07) is 10.7. The summed E-state index contributed by atoms with van der Waals surface area (Å²) in [4.78, 5) is 10.8. The fourth-order valence-corrected chi connectivity index (χ4v) is 1.71. The molecule has 2 nitrogen and oxygen atoms in total. The first-order valence-electron chi connectivity index (χ1n) is 4.10. The second kappa shape index (κ2) is 4.94. The zero-order valence-corrected chi connectivity index (χ0v) is 13.0. The van der Waals surface area contributed by atoms with E-state index < -0.39 is 5.97 Å². The molecule has 0 aromatic heterocycles. The summed E-state index contributed by atoms with van der Waals surface area (Å²) in [7, 11) is 0. The van der Waals surface area contributed by atoms with Gasteiger partial charge in [0.2, 0.25) is 0 Å². The summed E-state index contributed by atoms with van der Waals surface area (Å²) >= 11 is 5.96. The van der Waals surface area contributed by atoms with Crippen LogP contribution in [0.25, 0.3) is 10.8 Å². The molecule has 0 unspecified atom stereocenters. The van der Waals surface area contributed by atoms with Crippen LogP contribution in [-0.4, -0.2) is 38.4 Å². The molecule has 1 radical (unpaired) electrons. The SMILES string of the molecule is O=C(O)c1ccc2ccccc2c1Cl.[Tl]. The molecule has 0 fully saturated rings. The van der Waals surface area contributed by atoms with Gasteiger partial charge in [-0.2, -0.15) is 0 Å². The first-order chi connectivity index (χ1) is 6.70. The Labute approximate surface area is 112 Å². The van der Waals surface area contributed by atoms with Gasteiger partial charge < -0.3 is 5.11 Å². The number of aromatic carboxylic acids is 1. The molecule has 0 aliphatic carbocycles. The molecule has 4 heteroatoms. The quantitative estimate of drug-likeness (QED) is 0.734. The van der Waals surface area contributed by atoms with E-state index in [4.69, 9.17) is 16.7 Å². The smallest absolute Gasteiger partial charge is 0.337 e. The van der Waals surface area contributed by atoms with Crippen molar-refractivity contribution in [2.75, 3.05) is 0 Å². The summed E-state index contributed by atoms with van der Waals surface area (Å²) in [5.41, 5.74) is 0.144. The van der Waals surface area contributed by atoms with Crippen molar-refractivity contribution >= 4 is 55.6 Å². The first kappa shape index (κ1) is 12.5. The number of rotatable bonds is 1. The van der Waals surface area contributed by atoms with Crippen LogP contribution < -0.4 is 0 Å². The summed E-state index contributed by atoms with van der Waals surface area (Å²) < 4.78 is 0. The molecule has 0 atom stereocenters. The number of carboxylic acid groups (broad SMARTS) is 1. The zero-order chi connectivity index (χ0) is 10.1. The van der Waals surface area contributed by atoms with Gasteiger partial charge in [0.25, 0.3) is 0 Å². The molecule has 0 aliphatic rings. The number of hydrogen-bond acceptors (Lipinski definition) is 1. The normalized spacial score (nSPS) is 9.67. The van der Waals surface area contributed by atoms with Crippen LogP contribution in [0.4, 0.5) is 0 Å². The average molecular weight is 411 g/mol. The zero-order valence-electron chi connectivity index (χ0n) is 7.77. The molecular formula is C11H7ClO2Tl. The van der Waals surface area contributed by atoms with Gasteiger partial charge in [0.05, 0.1) is 10.6 Å². The van der Waals surface area contributed by atoms with Crippen molar-refractivity contribution in [3.63, 3.8) is 0 Å². The summed E-state index contributed by atoms with van der Waals surface area (Å²) in [5.74, 6) is -0.999. The van der Waals surface area contributed by atoms with Crippen LogP contribution in [0.15, 0.2) is 36.4 Å². The van der Waals surface area contributed by atoms with E-state index in [1.54, 1.807) is 6.07 Å². The van der Waals surface area contributed by atoms with Gasteiger partial charge in [0.15, 0.2) is 0 Å². The molecule has 73 valence electrons. The van der Waals surface area contributed by atoms with Gasteiger partial charge in [-0.15, -0.1) is 0 Å². The Balaban J connectivity index is 0.00000112. The minimum Gasteiger partial charge on any atom is -0.478 e. The third kappa shape index (κ3) is 2.31. The van der Waals surface area contributed by atoms with Gasteiger partial charge in [-0.3, -0.25) is 0 Å². The monoisotopic (exact) mass is 411 g/mol. The second-order valence-electron chi connectivity index (χ2n) is 2.95. The number of benzene rings is 2. The Morgan fingerprint density at radius 1 is 1.13 bits per heavy atom. The average Bonchev–Trinajstić information content (AvgIpc) is 2.18. The third-order valence-corrected chi connectivity index (χ3v) is 2.50. The van der Waals surface area contributed by atoms with Gasteiger partial charge in [0, 0.05) is 32.7 Å². The predicted molar refractivity (Wildman–Crippen MR) is 61.7 cm³/mol. The molecule has 0 saturated carbocycles. The van der Waals surface area contributed by atoms with Crippen molar-refractivity contribution in [2.45, 2.75) is 0 Å². The standard InChI is InChI=1S/C11H7ClO2.Tl/c12-10-8-4-2-1-3-7(8)5-6-9(10)11(13)14;/h1-6H,(H,13,14);. The van der Waals surface area contributed by atoms with Gasteiger partial charge in [0.1, 0.15) is 0 Å². The van der Waals surface area contributed by atoms with E-state index in [1.807, 2.05) is 24.3 Å². The molecule has 0 amide bonds. The number of carbonyl (C=O) groups is 1. The van der Waals surface area contributed by atoms with E-state index in [-0.39, 0.29) is 32.9 Å². The van der Waals surface area contributed by atoms with E-state index in [0.29, 0.717) is 5.02 Å². The second-order valence-corrected chi connectivity index (χ2v) is 3.33. The molecule has 0 saturated heterocycles. The number of hydrogen-bond donors (Lipinski definition) is 1. The van der Waals surface area contributed by atoms with Crippen molar-refractivity contribution in [3.05, 3.63) is 47.0 Å². The van der Waals surface area contributed by atoms with Crippen molar-refractivity contribution in [1.82, 2.24) is 0 Å². The Bertz CT molecular complexity index is 511. The minimum absolute atomic E-state index is 0. The van der Waals surface area contributed by atoms with E-state index >= 15 is 0 Å². The van der Waals surface area contributed by atoms with Crippen molar-refractivity contribution in [1.29, 1.82) is 0 Å². The maximum Gasteiger partial charge on any atom is 0.337 e. The van der Waals surface area contributed by atoms with E-state index in [2.05, 4.69) is 0 Å². The summed E-state index contributed by atoms with van der Waals surface area (Å²) in [6.45, 7) is 0. The molecule has 15 heavy (non-hydrogen) atoms. The van der Waals surface area contributed by atoms with E-state index in [9.17, 15) is 4.79 Å². The van der Waals surface area contributed by atoms with Crippen molar-refractivity contribution < 1.29 is 9.90 Å². The largest absolute Gasteiger partial charge is 0.478 e. The fraction of sp³-hybridized carbons (Fsp3) is 0. The third-order valence-electron chi connectivity index (χ3n) is 2.09. The van der Waals surface area contributed by atoms with E-state index in [0.717, 1.165) is 10.8 Å². The number of carboxylic acids is 1. The molecule has 2 rings (SSSR count). The van der Waals surface area contributed by atoms with E-state index in [1.165, 1.54) is 6.07 Å². The van der Waals surface area contributed by atoms with Gasteiger partial charge >= 0.3 is 5.97 Å². The van der Waals surface area contributed by atoms with Gasteiger partial charge in [-0.05, 0) is 11.5 Å². The first-order valence-corrected chi connectivity index (χ1v) is 4.48. The van der Waals surface area contributed by atoms with Crippen LogP contribution in [0.3, 0.4) is 0 Å². The summed E-state index contributed by atoms with van der Waals surface area (Å²) in [6.07, 6.45) is 0. The Hall–Kier alpha value is -0.618. The fourth-order valence-electron chi connectivity index (χ4n) is 1.40. The number of fused-ring (bicyclic) bond motifs is 1. The number of halogens is 1. The maximum absolute atomic E-state index is 10.8. The molecule has 0 aliphatic heterocycles.